The zero-order valence-corrected chi connectivity index (χ0v) is 13.2. The van der Waals surface area contributed by atoms with Gasteiger partial charge in [0.25, 0.3) is 0 Å². The van der Waals surface area contributed by atoms with Crippen LogP contribution in [0.3, 0.4) is 0 Å². The monoisotopic (exact) mass is 291 g/mol. The van der Waals surface area contributed by atoms with Gasteiger partial charge in [-0.15, -0.1) is 11.3 Å². The minimum atomic E-state index is 0.128. The van der Waals surface area contributed by atoms with Crippen molar-refractivity contribution in [1.82, 2.24) is 5.32 Å². The number of benzene rings is 1. The zero-order chi connectivity index (χ0) is 14.5. The molecule has 20 heavy (non-hydrogen) atoms. The van der Waals surface area contributed by atoms with Gasteiger partial charge in [0.05, 0.1) is 20.3 Å². The molecule has 0 saturated heterocycles. The average Bonchev–Trinajstić information content (AvgIpc) is 2.90. The van der Waals surface area contributed by atoms with E-state index in [1.807, 2.05) is 12.1 Å². The van der Waals surface area contributed by atoms with E-state index >= 15 is 0 Å². The van der Waals surface area contributed by atoms with Gasteiger partial charge in [-0.25, -0.2) is 0 Å². The van der Waals surface area contributed by atoms with Gasteiger partial charge in [0.1, 0.15) is 0 Å². The molecule has 2 rings (SSSR count). The highest BCUT2D eigenvalue weighted by Gasteiger charge is 2.21. The Morgan fingerprint density at radius 3 is 2.50 bits per heavy atom. The predicted octanol–water partition coefficient (Wildman–Crippen LogP) is 3.77. The van der Waals surface area contributed by atoms with Gasteiger partial charge in [0.2, 0.25) is 0 Å². The van der Waals surface area contributed by atoms with Crippen molar-refractivity contribution in [3.05, 3.63) is 45.6 Å². The molecule has 0 fully saturated rings. The number of para-hydroxylation sites is 1. The maximum absolute atomic E-state index is 5.56. The van der Waals surface area contributed by atoms with Gasteiger partial charge < -0.3 is 14.8 Å². The first-order valence-electron chi connectivity index (χ1n) is 6.71. The summed E-state index contributed by atoms with van der Waals surface area (Å²) in [6.45, 7) is 5.13. The molecule has 1 unspecified atom stereocenters. The molecule has 2 aromatic rings. The first-order valence-corrected chi connectivity index (χ1v) is 7.53. The normalized spacial score (nSPS) is 12.2. The molecule has 0 aliphatic rings. The number of rotatable bonds is 6. The highest BCUT2D eigenvalue weighted by molar-refractivity contribution is 7.12. The van der Waals surface area contributed by atoms with E-state index < -0.39 is 0 Å². The molecule has 108 valence electrons. The molecule has 0 amide bonds. The van der Waals surface area contributed by atoms with Gasteiger partial charge in [-0.3, -0.25) is 0 Å². The summed E-state index contributed by atoms with van der Waals surface area (Å²) in [5.74, 6) is 1.56. The molecule has 0 aliphatic heterocycles. The summed E-state index contributed by atoms with van der Waals surface area (Å²) in [6, 6.07) is 10.5. The van der Waals surface area contributed by atoms with Crippen LogP contribution in [0, 0.1) is 6.92 Å². The van der Waals surface area contributed by atoms with Gasteiger partial charge in [0, 0.05) is 15.3 Å². The SMILES string of the molecule is CCNC(c1ccc(C)s1)c1cccc(OC)c1OC. The molecule has 0 bridgehead atoms. The number of nitrogens with one attached hydrogen (secondary N) is 1. The molecular weight excluding hydrogens is 270 g/mol. The van der Waals surface area contributed by atoms with Crippen molar-refractivity contribution in [2.45, 2.75) is 19.9 Å². The van der Waals surface area contributed by atoms with Crippen LogP contribution in [-0.2, 0) is 0 Å². The van der Waals surface area contributed by atoms with E-state index in [0.717, 1.165) is 23.6 Å². The smallest absolute Gasteiger partial charge is 0.165 e. The second-order valence-corrected chi connectivity index (χ2v) is 5.84. The van der Waals surface area contributed by atoms with Crippen molar-refractivity contribution in [2.24, 2.45) is 0 Å². The summed E-state index contributed by atoms with van der Waals surface area (Å²) < 4.78 is 11.0. The molecular formula is C16H21NO2S. The van der Waals surface area contributed by atoms with Crippen LogP contribution in [-0.4, -0.2) is 20.8 Å². The van der Waals surface area contributed by atoms with Crippen LogP contribution in [0.2, 0.25) is 0 Å². The molecule has 1 aromatic heterocycles. The molecule has 0 saturated carbocycles. The van der Waals surface area contributed by atoms with Crippen LogP contribution in [0.15, 0.2) is 30.3 Å². The lowest BCUT2D eigenvalue weighted by Gasteiger charge is -2.21. The van der Waals surface area contributed by atoms with E-state index in [2.05, 4.69) is 37.4 Å². The third-order valence-electron chi connectivity index (χ3n) is 3.20. The summed E-state index contributed by atoms with van der Waals surface area (Å²) in [5, 5.41) is 3.53. The number of hydrogen-bond acceptors (Lipinski definition) is 4. The summed E-state index contributed by atoms with van der Waals surface area (Å²) in [7, 11) is 3.35. The Bertz CT molecular complexity index is 565. The summed E-state index contributed by atoms with van der Waals surface area (Å²) >= 11 is 1.80. The number of methoxy groups -OCH3 is 2. The zero-order valence-electron chi connectivity index (χ0n) is 12.4. The minimum absolute atomic E-state index is 0.128. The lowest BCUT2D eigenvalue weighted by Crippen LogP contribution is -2.21. The lowest BCUT2D eigenvalue weighted by molar-refractivity contribution is 0.349. The highest BCUT2D eigenvalue weighted by Crippen LogP contribution is 2.38. The third kappa shape index (κ3) is 2.97. The fourth-order valence-corrected chi connectivity index (χ4v) is 3.29. The second kappa shape index (κ2) is 6.77. The maximum Gasteiger partial charge on any atom is 0.165 e. The molecule has 1 aromatic carbocycles. The summed E-state index contributed by atoms with van der Waals surface area (Å²) in [6.07, 6.45) is 0. The maximum atomic E-state index is 5.56. The van der Waals surface area contributed by atoms with Crippen LogP contribution >= 0.6 is 11.3 Å². The van der Waals surface area contributed by atoms with Crippen molar-refractivity contribution in [3.63, 3.8) is 0 Å². The van der Waals surface area contributed by atoms with Gasteiger partial charge in [-0.1, -0.05) is 19.1 Å². The predicted molar refractivity (Wildman–Crippen MR) is 84.1 cm³/mol. The Labute approximate surface area is 124 Å². The Balaban J connectivity index is 2.49. The molecule has 1 N–H and O–H groups in total. The standard InChI is InChI=1S/C16H21NO2S/c1-5-17-15(14-10-9-11(2)20-14)12-7-6-8-13(18-3)16(12)19-4/h6-10,15,17H,5H2,1-4H3. The average molecular weight is 291 g/mol. The van der Waals surface area contributed by atoms with Crippen molar-refractivity contribution in [1.29, 1.82) is 0 Å². The van der Waals surface area contributed by atoms with E-state index in [1.54, 1.807) is 25.6 Å². The second-order valence-electron chi connectivity index (χ2n) is 4.52. The van der Waals surface area contributed by atoms with Crippen LogP contribution in [0.1, 0.15) is 28.3 Å². The first-order chi connectivity index (χ1) is 9.71. The first kappa shape index (κ1) is 14.9. The van der Waals surface area contributed by atoms with E-state index in [4.69, 9.17) is 9.47 Å². The Kier molecular flexibility index (Phi) is 5.04. The van der Waals surface area contributed by atoms with Crippen molar-refractivity contribution < 1.29 is 9.47 Å². The largest absolute Gasteiger partial charge is 0.493 e. The molecule has 3 nitrogen and oxygen atoms in total. The van der Waals surface area contributed by atoms with Crippen molar-refractivity contribution >= 4 is 11.3 Å². The third-order valence-corrected chi connectivity index (χ3v) is 4.26. The van der Waals surface area contributed by atoms with Gasteiger partial charge in [-0.2, -0.15) is 0 Å². The Hall–Kier alpha value is -1.52. The molecule has 0 radical (unpaired) electrons. The van der Waals surface area contributed by atoms with Gasteiger partial charge in [-0.05, 0) is 31.7 Å². The summed E-state index contributed by atoms with van der Waals surface area (Å²) in [4.78, 5) is 2.60. The van der Waals surface area contributed by atoms with E-state index in [9.17, 15) is 0 Å². The quantitative estimate of drug-likeness (QED) is 0.878. The van der Waals surface area contributed by atoms with Gasteiger partial charge in [0.15, 0.2) is 11.5 Å². The van der Waals surface area contributed by atoms with Crippen molar-refractivity contribution in [2.75, 3.05) is 20.8 Å². The molecule has 4 heteroatoms. The van der Waals surface area contributed by atoms with Crippen molar-refractivity contribution in [3.8, 4) is 11.5 Å². The highest BCUT2D eigenvalue weighted by atomic mass is 32.1. The molecule has 0 aliphatic carbocycles. The molecule has 0 spiro atoms. The Morgan fingerprint density at radius 2 is 1.95 bits per heavy atom. The van der Waals surface area contributed by atoms with Gasteiger partial charge >= 0.3 is 0 Å². The molecule has 1 atom stereocenters. The van der Waals surface area contributed by atoms with Crippen LogP contribution in [0.4, 0.5) is 0 Å². The Morgan fingerprint density at radius 1 is 1.15 bits per heavy atom. The summed E-state index contributed by atoms with van der Waals surface area (Å²) in [5.41, 5.74) is 1.11. The fourth-order valence-electron chi connectivity index (χ4n) is 2.32. The van der Waals surface area contributed by atoms with Crippen LogP contribution < -0.4 is 14.8 Å². The van der Waals surface area contributed by atoms with Crippen LogP contribution in [0.25, 0.3) is 0 Å². The van der Waals surface area contributed by atoms with Crippen LogP contribution in [0.5, 0.6) is 11.5 Å². The van der Waals surface area contributed by atoms with E-state index in [-0.39, 0.29) is 6.04 Å². The lowest BCUT2D eigenvalue weighted by atomic mass is 10.0. The van der Waals surface area contributed by atoms with E-state index in [0.29, 0.717) is 0 Å². The topological polar surface area (TPSA) is 30.5 Å². The number of hydrogen-bond donors (Lipinski definition) is 1. The van der Waals surface area contributed by atoms with E-state index in [1.165, 1.54) is 9.75 Å². The number of thiophene rings is 1. The minimum Gasteiger partial charge on any atom is -0.493 e. The number of ether oxygens (including phenoxy) is 2. The molecule has 1 heterocycles. The fraction of sp³-hybridized carbons (Fsp3) is 0.375. The number of aryl methyl sites for hydroxylation is 1.